The number of aryl methyl sites for hydroxylation is 1. The number of nitrogens with zero attached hydrogens (tertiary/aromatic N) is 1. The summed E-state index contributed by atoms with van der Waals surface area (Å²) in [6.07, 6.45) is 1.56. The lowest BCUT2D eigenvalue weighted by atomic mass is 10.2. The molecule has 0 amide bonds. The first-order chi connectivity index (χ1) is 8.08. The predicted molar refractivity (Wildman–Crippen MR) is 64.9 cm³/mol. The molecule has 0 spiro atoms. The minimum Gasteiger partial charge on any atom is -0.433 e. The number of hydrogen-bond donors (Lipinski definition) is 1. The van der Waals surface area contributed by atoms with E-state index in [-0.39, 0.29) is 16.5 Å². The van der Waals surface area contributed by atoms with Gasteiger partial charge in [0.2, 0.25) is 5.88 Å². The molecule has 3 nitrogen and oxygen atoms in total. The molecule has 0 aliphatic carbocycles. The molecular formula is C12H10ClFN2O. The summed E-state index contributed by atoms with van der Waals surface area (Å²) in [5, 5.41) is 0.227. The van der Waals surface area contributed by atoms with Gasteiger partial charge in [-0.25, -0.2) is 9.37 Å². The zero-order chi connectivity index (χ0) is 12.4. The summed E-state index contributed by atoms with van der Waals surface area (Å²) in [4.78, 5) is 4.00. The number of ether oxygens (including phenoxy) is 1. The van der Waals surface area contributed by atoms with Crippen LogP contribution in [0, 0.1) is 12.7 Å². The Hall–Kier alpha value is -1.81. The summed E-state index contributed by atoms with van der Waals surface area (Å²) in [6, 6.07) is 6.15. The number of pyridine rings is 1. The second-order valence-electron chi connectivity index (χ2n) is 3.53. The SMILES string of the molecule is Cc1cccnc1Oc1c(N)cc(Cl)cc1F. The summed E-state index contributed by atoms with van der Waals surface area (Å²) in [6.45, 7) is 1.81. The van der Waals surface area contributed by atoms with Crippen LogP contribution in [0.2, 0.25) is 5.02 Å². The van der Waals surface area contributed by atoms with Crippen molar-refractivity contribution < 1.29 is 9.13 Å². The predicted octanol–water partition coefficient (Wildman–Crippen LogP) is 3.56. The van der Waals surface area contributed by atoms with Crippen molar-refractivity contribution in [3.05, 3.63) is 46.9 Å². The lowest BCUT2D eigenvalue weighted by Gasteiger charge is -2.10. The molecule has 0 unspecified atom stereocenters. The molecule has 1 aromatic carbocycles. The monoisotopic (exact) mass is 252 g/mol. The molecule has 0 atom stereocenters. The minimum absolute atomic E-state index is 0.0591. The van der Waals surface area contributed by atoms with E-state index in [4.69, 9.17) is 22.1 Å². The third-order valence-corrected chi connectivity index (χ3v) is 2.42. The van der Waals surface area contributed by atoms with Crippen LogP contribution in [0.4, 0.5) is 10.1 Å². The van der Waals surface area contributed by atoms with Crippen molar-refractivity contribution in [3.8, 4) is 11.6 Å². The van der Waals surface area contributed by atoms with Crippen LogP contribution < -0.4 is 10.5 Å². The Morgan fingerprint density at radius 2 is 2.18 bits per heavy atom. The molecule has 5 heteroatoms. The van der Waals surface area contributed by atoms with Gasteiger partial charge in [0.25, 0.3) is 0 Å². The lowest BCUT2D eigenvalue weighted by molar-refractivity contribution is 0.427. The van der Waals surface area contributed by atoms with E-state index >= 15 is 0 Å². The summed E-state index contributed by atoms with van der Waals surface area (Å²) >= 11 is 5.67. The van der Waals surface area contributed by atoms with Gasteiger partial charge in [-0.05, 0) is 25.1 Å². The van der Waals surface area contributed by atoms with Crippen LogP contribution in [-0.4, -0.2) is 4.98 Å². The lowest BCUT2D eigenvalue weighted by Crippen LogP contribution is -1.98. The number of benzene rings is 1. The number of nitrogens with two attached hydrogens (primary N) is 1. The van der Waals surface area contributed by atoms with Crippen molar-refractivity contribution in [1.82, 2.24) is 4.98 Å². The molecule has 0 bridgehead atoms. The third kappa shape index (κ3) is 2.47. The van der Waals surface area contributed by atoms with Crippen LogP contribution in [0.15, 0.2) is 30.5 Å². The van der Waals surface area contributed by atoms with Gasteiger partial charge in [-0.15, -0.1) is 0 Å². The van der Waals surface area contributed by atoms with Crippen LogP contribution in [-0.2, 0) is 0 Å². The van der Waals surface area contributed by atoms with Gasteiger partial charge >= 0.3 is 0 Å². The molecule has 0 aliphatic rings. The Morgan fingerprint density at radius 1 is 1.41 bits per heavy atom. The maximum atomic E-state index is 13.6. The summed E-state index contributed by atoms with van der Waals surface area (Å²) in [7, 11) is 0. The Labute approximate surface area is 103 Å². The smallest absolute Gasteiger partial charge is 0.222 e. The molecule has 0 saturated heterocycles. The highest BCUT2D eigenvalue weighted by molar-refractivity contribution is 6.30. The average molecular weight is 253 g/mol. The van der Waals surface area contributed by atoms with Crippen LogP contribution in [0.3, 0.4) is 0 Å². The molecule has 0 radical (unpaired) electrons. The van der Waals surface area contributed by atoms with Crippen molar-refractivity contribution in [1.29, 1.82) is 0 Å². The highest BCUT2D eigenvalue weighted by Gasteiger charge is 2.12. The minimum atomic E-state index is -0.611. The van der Waals surface area contributed by atoms with E-state index in [0.717, 1.165) is 11.6 Å². The normalized spacial score (nSPS) is 10.3. The second kappa shape index (κ2) is 4.59. The number of rotatable bonds is 2. The first-order valence-corrected chi connectivity index (χ1v) is 5.29. The first-order valence-electron chi connectivity index (χ1n) is 4.92. The van der Waals surface area contributed by atoms with Gasteiger partial charge in [0, 0.05) is 16.8 Å². The molecule has 2 rings (SSSR count). The van der Waals surface area contributed by atoms with Crippen molar-refractivity contribution in [2.45, 2.75) is 6.92 Å². The largest absolute Gasteiger partial charge is 0.433 e. The third-order valence-electron chi connectivity index (χ3n) is 2.20. The highest BCUT2D eigenvalue weighted by atomic mass is 35.5. The van der Waals surface area contributed by atoms with Crippen LogP contribution in [0.5, 0.6) is 11.6 Å². The van der Waals surface area contributed by atoms with Crippen LogP contribution >= 0.6 is 11.6 Å². The molecule has 88 valence electrons. The maximum absolute atomic E-state index is 13.6. The van der Waals surface area contributed by atoms with Crippen molar-refractivity contribution in [3.63, 3.8) is 0 Å². The molecule has 0 fully saturated rings. The van der Waals surface area contributed by atoms with Crippen molar-refractivity contribution in [2.24, 2.45) is 0 Å². The Bertz CT molecular complexity index is 537. The maximum Gasteiger partial charge on any atom is 0.222 e. The highest BCUT2D eigenvalue weighted by Crippen LogP contribution is 2.33. The quantitative estimate of drug-likeness (QED) is 0.832. The van der Waals surface area contributed by atoms with Gasteiger partial charge in [-0.3, -0.25) is 0 Å². The molecule has 2 aromatic rings. The molecule has 17 heavy (non-hydrogen) atoms. The number of anilines is 1. The van der Waals surface area contributed by atoms with Gasteiger partial charge in [0.1, 0.15) is 0 Å². The van der Waals surface area contributed by atoms with Gasteiger partial charge in [0.15, 0.2) is 11.6 Å². The Morgan fingerprint density at radius 3 is 2.82 bits per heavy atom. The zero-order valence-corrected chi connectivity index (χ0v) is 9.83. The number of nitrogen functional groups attached to an aromatic ring is 1. The second-order valence-corrected chi connectivity index (χ2v) is 3.97. The average Bonchev–Trinajstić information content (AvgIpc) is 2.25. The molecule has 1 aromatic heterocycles. The molecule has 0 saturated carbocycles. The Kier molecular flexibility index (Phi) is 3.15. The van der Waals surface area contributed by atoms with Crippen molar-refractivity contribution >= 4 is 17.3 Å². The van der Waals surface area contributed by atoms with E-state index in [0.29, 0.717) is 5.88 Å². The summed E-state index contributed by atoms with van der Waals surface area (Å²) in [5.74, 6) is -0.350. The first kappa shape index (κ1) is 11.7. The van der Waals surface area contributed by atoms with Gasteiger partial charge in [0.05, 0.1) is 5.69 Å². The fourth-order valence-corrected chi connectivity index (χ4v) is 1.58. The fourth-order valence-electron chi connectivity index (χ4n) is 1.36. The van der Waals surface area contributed by atoms with E-state index in [1.165, 1.54) is 6.07 Å². The number of aromatic nitrogens is 1. The topological polar surface area (TPSA) is 48.1 Å². The van der Waals surface area contributed by atoms with Gasteiger partial charge in [-0.1, -0.05) is 17.7 Å². The van der Waals surface area contributed by atoms with Gasteiger partial charge < -0.3 is 10.5 Å². The van der Waals surface area contributed by atoms with E-state index in [2.05, 4.69) is 4.98 Å². The molecule has 1 heterocycles. The van der Waals surface area contributed by atoms with E-state index < -0.39 is 5.82 Å². The Balaban J connectivity index is 2.40. The number of halogens is 2. The molecule has 2 N–H and O–H groups in total. The molecular weight excluding hydrogens is 243 g/mol. The van der Waals surface area contributed by atoms with Crippen molar-refractivity contribution in [2.75, 3.05) is 5.73 Å². The molecule has 0 aliphatic heterocycles. The van der Waals surface area contributed by atoms with Crippen LogP contribution in [0.1, 0.15) is 5.56 Å². The van der Waals surface area contributed by atoms with Gasteiger partial charge in [-0.2, -0.15) is 0 Å². The zero-order valence-electron chi connectivity index (χ0n) is 9.08. The van der Waals surface area contributed by atoms with E-state index in [9.17, 15) is 4.39 Å². The summed E-state index contributed by atoms with van der Waals surface area (Å²) < 4.78 is 19.0. The van der Waals surface area contributed by atoms with Crippen LogP contribution in [0.25, 0.3) is 0 Å². The van der Waals surface area contributed by atoms with E-state index in [1.54, 1.807) is 12.3 Å². The summed E-state index contributed by atoms with van der Waals surface area (Å²) in [5.41, 5.74) is 6.57. The number of hydrogen-bond acceptors (Lipinski definition) is 3. The van der Waals surface area contributed by atoms with E-state index in [1.807, 2.05) is 13.0 Å². The standard InChI is InChI=1S/C12H10ClFN2O/c1-7-3-2-4-16-12(7)17-11-9(14)5-8(13)6-10(11)15/h2-6H,15H2,1H3. The fraction of sp³-hybridized carbons (Fsp3) is 0.0833.